The Morgan fingerprint density at radius 2 is 1.69 bits per heavy atom. The average molecular weight is 183 g/mol. The number of aliphatic hydroxyl groups is 1. The molecule has 2 rings (SSSR count). The second-order valence-electron chi connectivity index (χ2n) is 4.67. The minimum absolute atomic E-state index is 0.368. The van der Waals surface area contributed by atoms with E-state index >= 15 is 0 Å². The lowest BCUT2D eigenvalue weighted by Crippen LogP contribution is -2.47. The third-order valence-electron chi connectivity index (χ3n) is 3.68. The van der Waals surface area contributed by atoms with Gasteiger partial charge in [-0.2, -0.15) is 0 Å². The molecular weight excluding hydrogens is 162 g/mol. The molecule has 1 aliphatic carbocycles. The Bertz CT molecular complexity index is 155. The molecule has 1 aliphatic heterocycles. The normalized spacial score (nSPS) is 34.4. The Morgan fingerprint density at radius 3 is 2.23 bits per heavy atom. The first-order valence-electron chi connectivity index (χ1n) is 5.77. The highest BCUT2D eigenvalue weighted by Gasteiger charge is 2.37. The van der Waals surface area contributed by atoms with Crippen LogP contribution in [0.2, 0.25) is 0 Å². The third kappa shape index (κ3) is 2.05. The number of rotatable bonds is 1. The van der Waals surface area contributed by atoms with Crippen LogP contribution in [0.3, 0.4) is 0 Å². The summed E-state index contributed by atoms with van der Waals surface area (Å²) >= 11 is 0. The Labute approximate surface area is 80.7 Å². The fourth-order valence-electron chi connectivity index (χ4n) is 2.83. The number of hydrogen-bond donors (Lipinski definition) is 2. The summed E-state index contributed by atoms with van der Waals surface area (Å²) in [6, 6.07) is 0.394. The zero-order valence-electron chi connectivity index (χ0n) is 8.39. The summed E-state index contributed by atoms with van der Waals surface area (Å²) in [5, 5.41) is 13.9. The van der Waals surface area contributed by atoms with Crippen molar-refractivity contribution in [3.05, 3.63) is 0 Å². The molecular formula is C11H21NO. The van der Waals surface area contributed by atoms with Crippen molar-refractivity contribution >= 4 is 0 Å². The van der Waals surface area contributed by atoms with E-state index in [-0.39, 0.29) is 5.60 Å². The van der Waals surface area contributed by atoms with E-state index in [9.17, 15) is 5.11 Å². The molecule has 0 amide bonds. The molecule has 0 bridgehead atoms. The van der Waals surface area contributed by atoms with Crippen molar-refractivity contribution in [3.63, 3.8) is 0 Å². The zero-order chi connectivity index (χ0) is 9.15. The lowest BCUT2D eigenvalue weighted by atomic mass is 9.86. The first kappa shape index (κ1) is 9.47. The predicted molar refractivity (Wildman–Crippen MR) is 53.7 cm³/mol. The molecule has 1 atom stereocenters. The van der Waals surface area contributed by atoms with Crippen LogP contribution in [0.15, 0.2) is 0 Å². The molecule has 1 heterocycles. The molecule has 0 radical (unpaired) electrons. The highest BCUT2D eigenvalue weighted by Crippen LogP contribution is 2.32. The average Bonchev–Trinajstić information content (AvgIpc) is 2.57. The molecule has 0 spiro atoms. The summed E-state index contributed by atoms with van der Waals surface area (Å²) in [5.41, 5.74) is -0.368. The van der Waals surface area contributed by atoms with Crippen molar-refractivity contribution in [3.8, 4) is 0 Å². The van der Waals surface area contributed by atoms with Gasteiger partial charge < -0.3 is 10.4 Å². The van der Waals surface area contributed by atoms with Crippen molar-refractivity contribution in [1.29, 1.82) is 0 Å². The van der Waals surface area contributed by atoms with Gasteiger partial charge in [0, 0.05) is 6.04 Å². The summed E-state index contributed by atoms with van der Waals surface area (Å²) in [6.07, 6.45) is 9.52. The van der Waals surface area contributed by atoms with Crippen molar-refractivity contribution in [2.45, 2.75) is 63.0 Å². The molecule has 2 aliphatic rings. The van der Waals surface area contributed by atoms with Gasteiger partial charge in [-0.25, -0.2) is 0 Å². The van der Waals surface area contributed by atoms with Crippen LogP contribution in [0.1, 0.15) is 51.4 Å². The fourth-order valence-corrected chi connectivity index (χ4v) is 2.83. The molecule has 2 heteroatoms. The second kappa shape index (κ2) is 3.97. The molecule has 13 heavy (non-hydrogen) atoms. The van der Waals surface area contributed by atoms with E-state index in [1.807, 2.05) is 0 Å². The van der Waals surface area contributed by atoms with Crippen LogP contribution in [-0.4, -0.2) is 23.3 Å². The minimum Gasteiger partial charge on any atom is -0.388 e. The highest BCUT2D eigenvalue weighted by molar-refractivity contribution is 4.95. The summed E-state index contributed by atoms with van der Waals surface area (Å²) in [5.74, 6) is 0. The Kier molecular flexibility index (Phi) is 2.89. The van der Waals surface area contributed by atoms with Crippen molar-refractivity contribution in [1.82, 2.24) is 5.32 Å². The van der Waals surface area contributed by atoms with E-state index in [4.69, 9.17) is 0 Å². The van der Waals surface area contributed by atoms with Gasteiger partial charge in [0.05, 0.1) is 5.60 Å². The van der Waals surface area contributed by atoms with Crippen LogP contribution in [0.25, 0.3) is 0 Å². The van der Waals surface area contributed by atoms with E-state index in [0.29, 0.717) is 6.04 Å². The molecule has 1 saturated carbocycles. The lowest BCUT2D eigenvalue weighted by molar-refractivity contribution is -0.00654. The Hall–Kier alpha value is -0.0800. The fraction of sp³-hybridized carbons (Fsp3) is 1.00. The summed E-state index contributed by atoms with van der Waals surface area (Å²) in [6.45, 7) is 1.10. The highest BCUT2D eigenvalue weighted by atomic mass is 16.3. The summed E-state index contributed by atoms with van der Waals surface area (Å²) in [4.78, 5) is 0. The number of nitrogens with one attached hydrogen (secondary N) is 1. The predicted octanol–water partition coefficient (Wildman–Crippen LogP) is 1.82. The van der Waals surface area contributed by atoms with Crippen LogP contribution >= 0.6 is 0 Å². The molecule has 76 valence electrons. The van der Waals surface area contributed by atoms with Gasteiger partial charge in [-0.15, -0.1) is 0 Å². The molecule has 0 aromatic heterocycles. The van der Waals surface area contributed by atoms with Gasteiger partial charge in [-0.05, 0) is 32.2 Å². The summed E-state index contributed by atoms with van der Waals surface area (Å²) in [7, 11) is 0. The molecule has 1 saturated heterocycles. The van der Waals surface area contributed by atoms with Gasteiger partial charge in [-0.3, -0.25) is 0 Å². The maximum atomic E-state index is 10.5. The van der Waals surface area contributed by atoms with Gasteiger partial charge in [0.15, 0.2) is 0 Å². The van der Waals surface area contributed by atoms with Crippen molar-refractivity contribution < 1.29 is 5.11 Å². The largest absolute Gasteiger partial charge is 0.388 e. The first-order valence-corrected chi connectivity index (χ1v) is 5.77. The molecule has 1 unspecified atom stereocenters. The van der Waals surface area contributed by atoms with E-state index < -0.39 is 0 Å². The van der Waals surface area contributed by atoms with Crippen LogP contribution < -0.4 is 5.32 Å². The minimum atomic E-state index is -0.368. The van der Waals surface area contributed by atoms with Crippen LogP contribution in [-0.2, 0) is 0 Å². The maximum Gasteiger partial charge on any atom is 0.0800 e. The molecule has 2 fully saturated rings. The van der Waals surface area contributed by atoms with Crippen molar-refractivity contribution in [2.75, 3.05) is 6.54 Å². The van der Waals surface area contributed by atoms with Crippen molar-refractivity contribution in [2.24, 2.45) is 0 Å². The third-order valence-corrected chi connectivity index (χ3v) is 3.68. The first-order chi connectivity index (χ1) is 6.31. The topological polar surface area (TPSA) is 32.3 Å². The maximum absolute atomic E-state index is 10.5. The number of hydrogen-bond acceptors (Lipinski definition) is 2. The monoisotopic (exact) mass is 183 g/mol. The quantitative estimate of drug-likeness (QED) is 0.608. The summed E-state index contributed by atoms with van der Waals surface area (Å²) < 4.78 is 0. The van der Waals surface area contributed by atoms with Crippen LogP contribution in [0.5, 0.6) is 0 Å². The molecule has 0 aromatic rings. The Balaban J connectivity index is 1.98. The Morgan fingerprint density at radius 1 is 1.00 bits per heavy atom. The van der Waals surface area contributed by atoms with Gasteiger partial charge in [-0.1, -0.05) is 25.7 Å². The second-order valence-corrected chi connectivity index (χ2v) is 4.67. The molecule has 2 nitrogen and oxygen atoms in total. The van der Waals surface area contributed by atoms with Gasteiger partial charge >= 0.3 is 0 Å². The zero-order valence-corrected chi connectivity index (χ0v) is 8.39. The standard InChI is InChI=1S/C11H21NO/c13-11(10-6-5-9-12-10)7-3-1-2-4-8-11/h10,12-13H,1-9H2. The lowest BCUT2D eigenvalue weighted by Gasteiger charge is -2.33. The van der Waals surface area contributed by atoms with Gasteiger partial charge in [0.1, 0.15) is 0 Å². The smallest absolute Gasteiger partial charge is 0.0800 e. The SMILES string of the molecule is OC1(C2CCCN2)CCCCCC1. The van der Waals surface area contributed by atoms with E-state index in [0.717, 1.165) is 19.4 Å². The van der Waals surface area contributed by atoms with E-state index in [2.05, 4.69) is 5.32 Å². The van der Waals surface area contributed by atoms with Gasteiger partial charge in [0.25, 0.3) is 0 Å². The van der Waals surface area contributed by atoms with E-state index in [1.54, 1.807) is 0 Å². The molecule has 2 N–H and O–H groups in total. The van der Waals surface area contributed by atoms with Gasteiger partial charge in [0.2, 0.25) is 0 Å². The molecule has 0 aromatic carbocycles. The van der Waals surface area contributed by atoms with Crippen LogP contribution in [0, 0.1) is 0 Å². The van der Waals surface area contributed by atoms with E-state index in [1.165, 1.54) is 38.5 Å². The van der Waals surface area contributed by atoms with Crippen LogP contribution in [0.4, 0.5) is 0 Å².